The molecule has 0 unspecified atom stereocenters. The van der Waals surface area contributed by atoms with Crippen molar-refractivity contribution in [2.75, 3.05) is 6.61 Å². The predicted molar refractivity (Wildman–Crippen MR) is 73.3 cm³/mol. The minimum atomic E-state index is -0.606. The summed E-state index contributed by atoms with van der Waals surface area (Å²) in [6, 6.07) is 3.43. The van der Waals surface area contributed by atoms with Crippen molar-refractivity contribution in [2.24, 2.45) is 5.92 Å². The fraction of sp³-hybridized carbons (Fsp3) is 0.600. The molecule has 1 aliphatic carbocycles. The maximum atomic E-state index is 11.7. The zero-order valence-corrected chi connectivity index (χ0v) is 12.0. The molecule has 110 valence electrons. The molecule has 0 radical (unpaired) electrons. The number of ether oxygens (including phenoxy) is 1. The molecule has 0 bridgehead atoms. The van der Waals surface area contributed by atoms with Gasteiger partial charge in [-0.25, -0.2) is 4.79 Å². The van der Waals surface area contributed by atoms with E-state index in [-0.39, 0.29) is 24.3 Å². The Morgan fingerprint density at radius 1 is 1.30 bits per heavy atom. The molecule has 1 amide bonds. The summed E-state index contributed by atoms with van der Waals surface area (Å²) in [5.41, 5.74) is 0. The van der Waals surface area contributed by atoms with E-state index < -0.39 is 5.97 Å². The molecule has 1 heterocycles. The van der Waals surface area contributed by atoms with Crippen LogP contribution in [0.1, 0.15) is 48.9 Å². The van der Waals surface area contributed by atoms with E-state index in [1.165, 1.54) is 6.07 Å². The first-order valence-electron chi connectivity index (χ1n) is 7.07. The summed E-state index contributed by atoms with van der Waals surface area (Å²) in [7, 11) is 0. The summed E-state index contributed by atoms with van der Waals surface area (Å²) in [6.45, 7) is 3.71. The highest BCUT2D eigenvalue weighted by Crippen LogP contribution is 2.23. The van der Waals surface area contributed by atoms with Crippen LogP contribution in [0.3, 0.4) is 0 Å². The molecule has 0 atom stereocenters. The molecule has 2 rings (SSSR count). The number of amides is 1. The van der Waals surface area contributed by atoms with E-state index in [4.69, 9.17) is 9.15 Å². The third-order valence-electron chi connectivity index (χ3n) is 3.66. The minimum Gasteiger partial charge on any atom is -0.454 e. The lowest BCUT2D eigenvalue weighted by Gasteiger charge is -2.26. The fourth-order valence-corrected chi connectivity index (χ4v) is 2.42. The van der Waals surface area contributed by atoms with E-state index >= 15 is 0 Å². The number of hydrogen-bond acceptors (Lipinski definition) is 4. The lowest BCUT2D eigenvalue weighted by atomic mass is 9.87. The third kappa shape index (κ3) is 4.11. The number of carbonyl (C=O) groups is 2. The Balaban J connectivity index is 1.71. The lowest BCUT2D eigenvalue weighted by molar-refractivity contribution is -0.125. The molecule has 0 aliphatic heterocycles. The topological polar surface area (TPSA) is 68.5 Å². The van der Waals surface area contributed by atoms with Crippen molar-refractivity contribution < 1.29 is 18.7 Å². The fourth-order valence-electron chi connectivity index (χ4n) is 2.42. The number of hydrogen-bond donors (Lipinski definition) is 1. The number of rotatable bonds is 4. The standard InChI is InChI=1S/C15H21NO4/c1-10-3-6-12(7-4-10)16-14(17)9-19-15(18)13-8-5-11(2)20-13/h5,8,10,12H,3-4,6-7,9H2,1-2H3,(H,16,17). The van der Waals surface area contributed by atoms with Crippen molar-refractivity contribution in [3.05, 3.63) is 23.7 Å². The van der Waals surface area contributed by atoms with Gasteiger partial charge in [0.05, 0.1) is 0 Å². The van der Waals surface area contributed by atoms with Crippen LogP contribution in [0.25, 0.3) is 0 Å². The quantitative estimate of drug-likeness (QED) is 0.859. The van der Waals surface area contributed by atoms with Crippen LogP contribution in [-0.4, -0.2) is 24.5 Å². The van der Waals surface area contributed by atoms with Crippen LogP contribution in [0.4, 0.5) is 0 Å². The Morgan fingerprint density at radius 2 is 2.00 bits per heavy atom. The van der Waals surface area contributed by atoms with Gasteiger partial charge in [-0.2, -0.15) is 0 Å². The van der Waals surface area contributed by atoms with E-state index in [9.17, 15) is 9.59 Å². The summed E-state index contributed by atoms with van der Waals surface area (Å²) in [6.07, 6.45) is 4.27. The zero-order valence-electron chi connectivity index (χ0n) is 12.0. The molecule has 5 nitrogen and oxygen atoms in total. The molecule has 1 aromatic heterocycles. The SMILES string of the molecule is Cc1ccc(C(=O)OCC(=O)NC2CCC(C)CC2)o1. The van der Waals surface area contributed by atoms with Gasteiger partial charge in [-0.3, -0.25) is 4.79 Å². The largest absolute Gasteiger partial charge is 0.454 e. The van der Waals surface area contributed by atoms with Gasteiger partial charge >= 0.3 is 5.97 Å². The van der Waals surface area contributed by atoms with Gasteiger partial charge in [0.2, 0.25) is 5.76 Å². The highest BCUT2D eigenvalue weighted by molar-refractivity contribution is 5.88. The Labute approximate surface area is 118 Å². The molecular formula is C15H21NO4. The normalized spacial score (nSPS) is 22.3. The molecule has 0 spiro atoms. The van der Waals surface area contributed by atoms with Crippen molar-refractivity contribution in [1.82, 2.24) is 5.32 Å². The maximum Gasteiger partial charge on any atom is 0.374 e. The van der Waals surface area contributed by atoms with Crippen molar-refractivity contribution in [3.63, 3.8) is 0 Å². The summed E-state index contributed by atoms with van der Waals surface area (Å²) in [5.74, 6) is 0.648. The number of esters is 1. The van der Waals surface area contributed by atoms with Gasteiger partial charge in [-0.15, -0.1) is 0 Å². The molecule has 1 fully saturated rings. The van der Waals surface area contributed by atoms with E-state index in [1.54, 1.807) is 13.0 Å². The van der Waals surface area contributed by atoms with Crippen molar-refractivity contribution in [3.8, 4) is 0 Å². The molecule has 1 aliphatic rings. The average Bonchev–Trinajstić information content (AvgIpc) is 2.85. The minimum absolute atomic E-state index is 0.127. The molecule has 1 aromatic rings. The van der Waals surface area contributed by atoms with Crippen LogP contribution < -0.4 is 5.32 Å². The van der Waals surface area contributed by atoms with Crippen molar-refractivity contribution in [1.29, 1.82) is 0 Å². The maximum absolute atomic E-state index is 11.7. The first kappa shape index (κ1) is 14.6. The van der Waals surface area contributed by atoms with E-state index in [0.717, 1.165) is 31.6 Å². The molecule has 0 aromatic carbocycles. The van der Waals surface area contributed by atoms with Crippen LogP contribution >= 0.6 is 0 Å². The molecule has 5 heteroatoms. The summed E-state index contributed by atoms with van der Waals surface area (Å²) < 4.78 is 10.1. The number of aryl methyl sites for hydroxylation is 1. The first-order chi connectivity index (χ1) is 9.54. The highest BCUT2D eigenvalue weighted by Gasteiger charge is 2.20. The smallest absolute Gasteiger partial charge is 0.374 e. The van der Waals surface area contributed by atoms with Crippen LogP contribution in [-0.2, 0) is 9.53 Å². The van der Waals surface area contributed by atoms with Gasteiger partial charge < -0.3 is 14.5 Å². The number of nitrogens with one attached hydrogen (secondary N) is 1. The monoisotopic (exact) mass is 279 g/mol. The predicted octanol–water partition coefficient (Wildman–Crippen LogP) is 2.44. The van der Waals surface area contributed by atoms with E-state index in [2.05, 4.69) is 12.2 Å². The van der Waals surface area contributed by atoms with Crippen LogP contribution in [0.15, 0.2) is 16.5 Å². The molecule has 1 saturated carbocycles. The second-order valence-electron chi connectivity index (χ2n) is 5.51. The van der Waals surface area contributed by atoms with Crippen LogP contribution in [0, 0.1) is 12.8 Å². The summed E-state index contributed by atoms with van der Waals surface area (Å²) in [4.78, 5) is 23.3. The van der Waals surface area contributed by atoms with Gasteiger partial charge in [0.15, 0.2) is 6.61 Å². The number of carbonyl (C=O) groups excluding carboxylic acids is 2. The Bertz CT molecular complexity index is 472. The second kappa shape index (κ2) is 6.59. The van der Waals surface area contributed by atoms with Gasteiger partial charge in [0.25, 0.3) is 5.91 Å². The second-order valence-corrected chi connectivity index (χ2v) is 5.51. The third-order valence-corrected chi connectivity index (χ3v) is 3.66. The Morgan fingerprint density at radius 3 is 2.60 bits per heavy atom. The molecule has 20 heavy (non-hydrogen) atoms. The van der Waals surface area contributed by atoms with Crippen molar-refractivity contribution >= 4 is 11.9 Å². The Hall–Kier alpha value is -1.78. The number of furan rings is 1. The average molecular weight is 279 g/mol. The first-order valence-corrected chi connectivity index (χ1v) is 7.07. The van der Waals surface area contributed by atoms with Crippen molar-refractivity contribution in [2.45, 2.75) is 45.6 Å². The summed E-state index contributed by atoms with van der Waals surface area (Å²) >= 11 is 0. The van der Waals surface area contributed by atoms with E-state index in [1.807, 2.05) is 0 Å². The van der Waals surface area contributed by atoms with Crippen LogP contribution in [0.5, 0.6) is 0 Å². The molecule has 1 N–H and O–H groups in total. The zero-order chi connectivity index (χ0) is 14.5. The van der Waals surface area contributed by atoms with Gasteiger partial charge in [-0.05, 0) is 50.7 Å². The van der Waals surface area contributed by atoms with Gasteiger partial charge in [-0.1, -0.05) is 6.92 Å². The van der Waals surface area contributed by atoms with E-state index in [0.29, 0.717) is 5.76 Å². The van der Waals surface area contributed by atoms with Gasteiger partial charge in [0, 0.05) is 6.04 Å². The van der Waals surface area contributed by atoms with Crippen LogP contribution in [0.2, 0.25) is 0 Å². The van der Waals surface area contributed by atoms with Gasteiger partial charge in [0.1, 0.15) is 5.76 Å². The summed E-state index contributed by atoms with van der Waals surface area (Å²) in [5, 5.41) is 2.90. The Kier molecular flexibility index (Phi) is 4.82. The highest BCUT2D eigenvalue weighted by atomic mass is 16.5. The molecule has 0 saturated heterocycles. The lowest BCUT2D eigenvalue weighted by Crippen LogP contribution is -2.39. The molecular weight excluding hydrogens is 258 g/mol.